The molecule has 1 aliphatic carbocycles. The summed E-state index contributed by atoms with van der Waals surface area (Å²) in [5.41, 5.74) is 2.63. The Labute approximate surface area is 249 Å². The largest absolute Gasteiger partial charge is 0.476 e. The highest BCUT2D eigenvalue weighted by Gasteiger charge is 2.38. The predicted octanol–water partition coefficient (Wildman–Crippen LogP) is 5.99. The molecule has 8 nitrogen and oxygen atoms in total. The zero-order chi connectivity index (χ0) is 30.1. The predicted molar refractivity (Wildman–Crippen MR) is 164 cm³/mol. The second-order valence-corrected chi connectivity index (χ2v) is 13.2. The third-order valence-corrected chi connectivity index (χ3v) is 7.83. The van der Waals surface area contributed by atoms with Crippen LogP contribution in [0.2, 0.25) is 0 Å². The van der Waals surface area contributed by atoms with Gasteiger partial charge in [-0.3, -0.25) is 9.48 Å². The summed E-state index contributed by atoms with van der Waals surface area (Å²) < 4.78 is 13.5. The maximum Gasteiger partial charge on any atom is 0.350 e. The zero-order valence-electron chi connectivity index (χ0n) is 25.8. The smallest absolute Gasteiger partial charge is 0.350 e. The van der Waals surface area contributed by atoms with Crippen LogP contribution in [0.4, 0.5) is 5.69 Å². The number of rotatable bonds is 9. The molecule has 2 aromatic carbocycles. The minimum atomic E-state index is -1.13. The van der Waals surface area contributed by atoms with E-state index in [9.17, 15) is 9.59 Å². The summed E-state index contributed by atoms with van der Waals surface area (Å²) in [5.74, 6) is 0.385. The maximum atomic E-state index is 13.9. The SMILES string of the molecule is Cn1cc(-c2ccc(CN(C(=O)C3CCCN(c4cccc(OC(C)(C)C(=O)OC(C)(C)C)c4)C3)C3CC3)cc2)cn1. The number of piperidine rings is 1. The standard InChI is InChI=1S/C34H44N4O4/c1-33(2,3)42-32(40)34(4,5)41-30-11-7-10-29(19-30)37-18-8-9-26(23-37)31(39)38(28-16-17-28)21-24-12-14-25(15-13-24)27-20-35-36(6)22-27/h7,10-15,19-20,22,26,28H,8-9,16-18,21,23H2,1-6H3. The Balaban J connectivity index is 1.24. The molecule has 8 heteroatoms. The third-order valence-electron chi connectivity index (χ3n) is 7.83. The van der Waals surface area contributed by atoms with Crippen LogP contribution in [0.1, 0.15) is 65.9 Å². The van der Waals surface area contributed by atoms with Crippen molar-refractivity contribution in [2.75, 3.05) is 18.0 Å². The van der Waals surface area contributed by atoms with Gasteiger partial charge >= 0.3 is 5.97 Å². The number of hydrogen-bond donors (Lipinski definition) is 0. The molecular weight excluding hydrogens is 528 g/mol. The summed E-state index contributed by atoms with van der Waals surface area (Å²) >= 11 is 0. The molecule has 0 spiro atoms. The number of aromatic nitrogens is 2. The maximum absolute atomic E-state index is 13.9. The van der Waals surface area contributed by atoms with Crippen molar-refractivity contribution in [3.8, 4) is 16.9 Å². The molecule has 2 aliphatic rings. The Bertz CT molecular complexity index is 1400. The molecule has 2 heterocycles. The number of benzene rings is 2. The van der Waals surface area contributed by atoms with Gasteiger partial charge in [0.2, 0.25) is 5.91 Å². The van der Waals surface area contributed by atoms with Crippen molar-refractivity contribution in [1.29, 1.82) is 0 Å². The normalized spacial score (nSPS) is 17.6. The van der Waals surface area contributed by atoms with Gasteiger partial charge in [0, 0.05) is 56.2 Å². The van der Waals surface area contributed by atoms with Crippen molar-refractivity contribution >= 4 is 17.6 Å². The van der Waals surface area contributed by atoms with Crippen LogP contribution in [0.15, 0.2) is 60.9 Å². The molecule has 1 atom stereocenters. The highest BCUT2D eigenvalue weighted by molar-refractivity contribution is 5.81. The number of carbonyl (C=O) groups is 2. The average Bonchev–Trinajstić information content (AvgIpc) is 3.70. The van der Waals surface area contributed by atoms with Gasteiger partial charge < -0.3 is 19.3 Å². The average molecular weight is 573 g/mol. The number of anilines is 1. The van der Waals surface area contributed by atoms with E-state index in [2.05, 4.69) is 39.2 Å². The van der Waals surface area contributed by atoms with E-state index in [-0.39, 0.29) is 11.8 Å². The molecular formula is C34H44N4O4. The van der Waals surface area contributed by atoms with E-state index in [4.69, 9.17) is 9.47 Å². The minimum Gasteiger partial charge on any atom is -0.476 e. The van der Waals surface area contributed by atoms with Gasteiger partial charge in [-0.15, -0.1) is 0 Å². The molecule has 1 amide bonds. The number of nitrogens with zero attached hydrogens (tertiary/aromatic N) is 4. The van der Waals surface area contributed by atoms with E-state index >= 15 is 0 Å². The first-order valence-corrected chi connectivity index (χ1v) is 15.0. The van der Waals surface area contributed by atoms with E-state index in [0.29, 0.717) is 24.9 Å². The third kappa shape index (κ3) is 7.33. The van der Waals surface area contributed by atoms with E-state index in [1.807, 2.05) is 64.5 Å². The van der Waals surface area contributed by atoms with E-state index in [1.54, 1.807) is 18.5 Å². The topological polar surface area (TPSA) is 76.9 Å². The van der Waals surface area contributed by atoms with E-state index < -0.39 is 17.2 Å². The fourth-order valence-corrected chi connectivity index (χ4v) is 5.47. The number of ether oxygens (including phenoxy) is 2. The van der Waals surface area contributed by atoms with Crippen LogP contribution in [0, 0.1) is 5.92 Å². The van der Waals surface area contributed by atoms with Crippen molar-refractivity contribution < 1.29 is 19.1 Å². The quantitative estimate of drug-likeness (QED) is 0.293. The lowest BCUT2D eigenvalue weighted by molar-refractivity contribution is -0.170. The lowest BCUT2D eigenvalue weighted by Gasteiger charge is -2.37. The summed E-state index contributed by atoms with van der Waals surface area (Å²) in [6, 6.07) is 16.6. The van der Waals surface area contributed by atoms with Crippen molar-refractivity contribution in [1.82, 2.24) is 14.7 Å². The Morgan fingerprint density at radius 3 is 2.38 bits per heavy atom. The lowest BCUT2D eigenvalue weighted by Crippen LogP contribution is -2.45. The zero-order valence-corrected chi connectivity index (χ0v) is 25.8. The monoisotopic (exact) mass is 572 g/mol. The summed E-state index contributed by atoms with van der Waals surface area (Å²) in [4.78, 5) is 31.0. The first-order chi connectivity index (χ1) is 19.9. The van der Waals surface area contributed by atoms with Gasteiger partial charge in [-0.1, -0.05) is 30.3 Å². The fraction of sp³-hybridized carbons (Fsp3) is 0.500. The summed E-state index contributed by atoms with van der Waals surface area (Å²) in [6.07, 6.45) is 7.86. The summed E-state index contributed by atoms with van der Waals surface area (Å²) in [7, 11) is 1.92. The molecule has 0 bridgehead atoms. The molecule has 3 aromatic rings. The fourth-order valence-electron chi connectivity index (χ4n) is 5.47. The van der Waals surface area contributed by atoms with Crippen LogP contribution in [-0.2, 0) is 27.9 Å². The molecule has 0 N–H and O–H groups in total. The van der Waals surface area contributed by atoms with Crippen LogP contribution < -0.4 is 9.64 Å². The number of aryl methyl sites for hydroxylation is 1. The van der Waals surface area contributed by atoms with Crippen LogP contribution in [0.3, 0.4) is 0 Å². The van der Waals surface area contributed by atoms with Crippen LogP contribution in [0.25, 0.3) is 11.1 Å². The van der Waals surface area contributed by atoms with E-state index in [0.717, 1.165) is 54.6 Å². The minimum absolute atomic E-state index is 0.0585. The molecule has 42 heavy (non-hydrogen) atoms. The molecule has 1 unspecified atom stereocenters. The summed E-state index contributed by atoms with van der Waals surface area (Å²) in [6.45, 7) is 11.2. The van der Waals surface area contributed by atoms with Gasteiger partial charge in [0.15, 0.2) is 5.60 Å². The van der Waals surface area contributed by atoms with Crippen molar-refractivity contribution in [3.63, 3.8) is 0 Å². The van der Waals surface area contributed by atoms with Gasteiger partial charge in [0.05, 0.1) is 12.1 Å². The molecule has 5 rings (SSSR count). The van der Waals surface area contributed by atoms with Crippen molar-refractivity contribution in [3.05, 3.63) is 66.5 Å². The van der Waals surface area contributed by atoms with Gasteiger partial charge in [-0.05, 0) is 83.6 Å². The molecule has 1 saturated heterocycles. The first kappa shape index (κ1) is 29.7. The van der Waals surface area contributed by atoms with Gasteiger partial charge in [-0.2, -0.15) is 5.10 Å². The number of amides is 1. The molecule has 1 aromatic heterocycles. The van der Waals surface area contributed by atoms with E-state index in [1.165, 1.54) is 0 Å². The Kier molecular flexibility index (Phi) is 8.35. The number of esters is 1. The second-order valence-electron chi connectivity index (χ2n) is 13.2. The Morgan fingerprint density at radius 1 is 1.00 bits per heavy atom. The summed E-state index contributed by atoms with van der Waals surface area (Å²) in [5, 5.41) is 4.27. The molecule has 224 valence electrons. The van der Waals surface area contributed by atoms with Crippen molar-refractivity contribution in [2.45, 2.75) is 84.1 Å². The second kappa shape index (κ2) is 11.8. The molecule has 1 saturated carbocycles. The number of hydrogen-bond acceptors (Lipinski definition) is 6. The highest BCUT2D eigenvalue weighted by Crippen LogP contribution is 2.34. The lowest BCUT2D eigenvalue weighted by atomic mass is 9.95. The van der Waals surface area contributed by atoms with Crippen LogP contribution >= 0.6 is 0 Å². The highest BCUT2D eigenvalue weighted by atomic mass is 16.6. The Hall–Kier alpha value is -3.81. The molecule has 2 fully saturated rings. The van der Waals surface area contributed by atoms with Crippen LogP contribution in [0.5, 0.6) is 5.75 Å². The van der Waals surface area contributed by atoms with Gasteiger partial charge in [-0.25, -0.2) is 4.79 Å². The first-order valence-electron chi connectivity index (χ1n) is 15.0. The van der Waals surface area contributed by atoms with Crippen LogP contribution in [-0.4, -0.2) is 56.9 Å². The van der Waals surface area contributed by atoms with Crippen molar-refractivity contribution in [2.24, 2.45) is 13.0 Å². The molecule has 0 radical (unpaired) electrons. The van der Waals surface area contributed by atoms with Gasteiger partial charge in [0.25, 0.3) is 0 Å². The number of carbonyl (C=O) groups excluding carboxylic acids is 2. The van der Waals surface area contributed by atoms with Gasteiger partial charge in [0.1, 0.15) is 11.4 Å². The Morgan fingerprint density at radius 2 is 1.74 bits per heavy atom. The molecule has 1 aliphatic heterocycles.